The third-order valence-electron chi connectivity index (χ3n) is 3.64. The topological polar surface area (TPSA) is 32.3 Å². The van der Waals surface area contributed by atoms with Crippen LogP contribution < -0.4 is 4.90 Å². The van der Waals surface area contributed by atoms with E-state index in [2.05, 4.69) is 47.1 Å². The maximum atomic E-state index is 4.58. The van der Waals surface area contributed by atoms with Crippen LogP contribution in [0.2, 0.25) is 0 Å². The highest BCUT2D eigenvalue weighted by atomic mass is 32.1. The van der Waals surface area contributed by atoms with E-state index in [1.807, 2.05) is 0 Å². The molecule has 4 nitrogen and oxygen atoms in total. The molecule has 2 heterocycles. The molecule has 1 saturated heterocycles. The summed E-state index contributed by atoms with van der Waals surface area (Å²) in [5.74, 6) is 1.66. The molecule has 5 heteroatoms. The molecule has 0 amide bonds. The van der Waals surface area contributed by atoms with Gasteiger partial charge in [-0.3, -0.25) is 0 Å². The molecule has 1 aromatic rings. The molecule has 0 aromatic carbocycles. The van der Waals surface area contributed by atoms with Gasteiger partial charge in [0.25, 0.3) is 0 Å². The van der Waals surface area contributed by atoms with Gasteiger partial charge >= 0.3 is 0 Å². The lowest BCUT2D eigenvalue weighted by Crippen LogP contribution is -2.47. The van der Waals surface area contributed by atoms with Gasteiger partial charge in [0.1, 0.15) is 5.82 Å². The molecule has 2 unspecified atom stereocenters. The predicted octanol–water partition coefficient (Wildman–Crippen LogP) is 1.88. The Hall–Kier alpha value is -0.680. The molecular formula is C12H22N4S. The molecule has 2 rings (SSSR count). The normalized spacial score (nSPS) is 26.1. The van der Waals surface area contributed by atoms with Crippen LogP contribution in [0.25, 0.3) is 0 Å². The molecule has 0 aliphatic carbocycles. The highest BCUT2D eigenvalue weighted by molar-refractivity contribution is 7.09. The van der Waals surface area contributed by atoms with Crippen molar-refractivity contribution in [2.24, 2.45) is 5.92 Å². The van der Waals surface area contributed by atoms with E-state index in [1.165, 1.54) is 31.0 Å². The number of anilines is 1. The standard InChI is InChI=1S/C12H22N4S/c1-5-11-13-12(17-14-11)16(4)10-6-7-15(3)8-9(10)2/h9-10H,5-8H2,1-4H3. The van der Waals surface area contributed by atoms with Gasteiger partial charge in [-0.1, -0.05) is 13.8 Å². The predicted molar refractivity (Wildman–Crippen MR) is 72.8 cm³/mol. The van der Waals surface area contributed by atoms with Crippen LogP contribution >= 0.6 is 11.5 Å². The summed E-state index contributed by atoms with van der Waals surface area (Å²) < 4.78 is 4.37. The van der Waals surface area contributed by atoms with Crippen LogP contribution in [0, 0.1) is 5.92 Å². The minimum Gasteiger partial charge on any atom is -0.347 e. The molecule has 2 atom stereocenters. The first kappa shape index (κ1) is 12.8. The van der Waals surface area contributed by atoms with E-state index in [0.717, 1.165) is 17.4 Å². The maximum absolute atomic E-state index is 4.58. The molecule has 96 valence electrons. The van der Waals surface area contributed by atoms with Crippen LogP contribution in [0.5, 0.6) is 0 Å². The van der Waals surface area contributed by atoms with Gasteiger partial charge < -0.3 is 9.80 Å². The van der Waals surface area contributed by atoms with Gasteiger partial charge in [0.05, 0.1) is 0 Å². The van der Waals surface area contributed by atoms with Crippen molar-refractivity contribution in [1.29, 1.82) is 0 Å². The minimum absolute atomic E-state index is 0.601. The van der Waals surface area contributed by atoms with Gasteiger partial charge in [-0.05, 0) is 25.9 Å². The first-order valence-corrected chi connectivity index (χ1v) is 7.13. The maximum Gasteiger partial charge on any atom is 0.205 e. The molecule has 1 aromatic heterocycles. The van der Waals surface area contributed by atoms with E-state index >= 15 is 0 Å². The van der Waals surface area contributed by atoms with Crippen molar-refractivity contribution in [3.8, 4) is 0 Å². The van der Waals surface area contributed by atoms with Crippen LogP contribution in [0.1, 0.15) is 26.1 Å². The molecule has 0 spiro atoms. The van der Waals surface area contributed by atoms with Crippen LogP contribution in [-0.4, -0.2) is 47.5 Å². The lowest BCUT2D eigenvalue weighted by atomic mass is 9.93. The second-order valence-corrected chi connectivity index (χ2v) is 5.78. The molecular weight excluding hydrogens is 232 g/mol. The van der Waals surface area contributed by atoms with Crippen molar-refractivity contribution in [2.45, 2.75) is 32.7 Å². The number of aryl methyl sites for hydroxylation is 1. The fraction of sp³-hybridized carbons (Fsp3) is 0.833. The smallest absolute Gasteiger partial charge is 0.205 e. The fourth-order valence-electron chi connectivity index (χ4n) is 2.59. The van der Waals surface area contributed by atoms with Crippen molar-refractivity contribution < 1.29 is 0 Å². The molecule has 0 saturated carbocycles. The third-order valence-corrected chi connectivity index (χ3v) is 4.48. The average molecular weight is 254 g/mol. The quantitative estimate of drug-likeness (QED) is 0.824. The van der Waals surface area contributed by atoms with Crippen LogP contribution in [0.4, 0.5) is 5.13 Å². The monoisotopic (exact) mass is 254 g/mol. The van der Waals surface area contributed by atoms with Crippen molar-refractivity contribution in [3.05, 3.63) is 5.82 Å². The number of hydrogen-bond acceptors (Lipinski definition) is 5. The second kappa shape index (κ2) is 5.31. The lowest BCUT2D eigenvalue weighted by Gasteiger charge is -2.39. The number of likely N-dealkylation sites (tertiary alicyclic amines) is 1. The molecule has 17 heavy (non-hydrogen) atoms. The summed E-state index contributed by atoms with van der Waals surface area (Å²) in [5.41, 5.74) is 0. The van der Waals surface area contributed by atoms with Crippen molar-refractivity contribution >= 4 is 16.7 Å². The second-order valence-electron chi connectivity index (χ2n) is 5.05. The zero-order chi connectivity index (χ0) is 12.4. The number of nitrogens with zero attached hydrogens (tertiary/aromatic N) is 4. The summed E-state index contributed by atoms with van der Waals surface area (Å²) in [5, 5.41) is 1.07. The molecule has 1 fully saturated rings. The van der Waals surface area contributed by atoms with Crippen molar-refractivity contribution in [2.75, 3.05) is 32.1 Å². The highest BCUT2D eigenvalue weighted by Crippen LogP contribution is 2.26. The van der Waals surface area contributed by atoms with E-state index in [0.29, 0.717) is 12.0 Å². The number of piperidine rings is 1. The van der Waals surface area contributed by atoms with Crippen molar-refractivity contribution in [1.82, 2.24) is 14.3 Å². The Morgan fingerprint density at radius 3 is 2.88 bits per heavy atom. The Labute approximate surface area is 108 Å². The molecule has 0 bridgehead atoms. The first-order chi connectivity index (χ1) is 8.11. The van der Waals surface area contributed by atoms with E-state index < -0.39 is 0 Å². The summed E-state index contributed by atoms with van der Waals surface area (Å²) in [6, 6.07) is 0.601. The largest absolute Gasteiger partial charge is 0.347 e. The first-order valence-electron chi connectivity index (χ1n) is 6.35. The SMILES string of the molecule is CCc1nsc(N(C)C2CCN(C)CC2C)n1. The Morgan fingerprint density at radius 1 is 1.53 bits per heavy atom. The van der Waals surface area contributed by atoms with E-state index in [4.69, 9.17) is 0 Å². The van der Waals surface area contributed by atoms with Crippen molar-refractivity contribution in [3.63, 3.8) is 0 Å². The van der Waals surface area contributed by atoms with Crippen LogP contribution in [-0.2, 0) is 6.42 Å². The van der Waals surface area contributed by atoms with Crippen LogP contribution in [0.15, 0.2) is 0 Å². The number of aromatic nitrogens is 2. The Morgan fingerprint density at radius 2 is 2.29 bits per heavy atom. The average Bonchev–Trinajstić information content (AvgIpc) is 2.76. The van der Waals surface area contributed by atoms with E-state index in [9.17, 15) is 0 Å². The zero-order valence-corrected chi connectivity index (χ0v) is 12.0. The lowest BCUT2D eigenvalue weighted by molar-refractivity contribution is 0.194. The van der Waals surface area contributed by atoms with E-state index in [-0.39, 0.29) is 0 Å². The molecule has 1 aliphatic rings. The Kier molecular flexibility index (Phi) is 3.99. The summed E-state index contributed by atoms with van der Waals surface area (Å²) in [6.07, 6.45) is 2.14. The van der Waals surface area contributed by atoms with Gasteiger partial charge in [0.2, 0.25) is 5.13 Å². The highest BCUT2D eigenvalue weighted by Gasteiger charge is 2.28. The fourth-order valence-corrected chi connectivity index (χ4v) is 3.36. The summed E-state index contributed by atoms with van der Waals surface area (Å²) in [7, 11) is 4.36. The molecule has 1 aliphatic heterocycles. The van der Waals surface area contributed by atoms with Gasteiger partial charge in [-0.2, -0.15) is 4.37 Å². The number of hydrogen-bond donors (Lipinski definition) is 0. The summed E-state index contributed by atoms with van der Waals surface area (Å²) in [6.45, 7) is 6.79. The van der Waals surface area contributed by atoms with Gasteiger partial charge in [-0.25, -0.2) is 4.98 Å². The summed E-state index contributed by atoms with van der Waals surface area (Å²) >= 11 is 1.53. The van der Waals surface area contributed by atoms with Gasteiger partial charge in [0.15, 0.2) is 0 Å². The summed E-state index contributed by atoms with van der Waals surface area (Å²) in [4.78, 5) is 9.31. The van der Waals surface area contributed by atoms with Gasteiger partial charge in [0, 0.05) is 37.6 Å². The molecule has 0 radical (unpaired) electrons. The minimum atomic E-state index is 0.601. The zero-order valence-electron chi connectivity index (χ0n) is 11.2. The Balaban J connectivity index is 2.06. The Bertz CT molecular complexity index is 365. The van der Waals surface area contributed by atoms with Crippen LogP contribution in [0.3, 0.4) is 0 Å². The molecule has 0 N–H and O–H groups in total. The number of rotatable bonds is 3. The van der Waals surface area contributed by atoms with Gasteiger partial charge in [-0.15, -0.1) is 0 Å². The third kappa shape index (κ3) is 2.77. The van der Waals surface area contributed by atoms with E-state index in [1.54, 1.807) is 0 Å².